The van der Waals surface area contributed by atoms with Crippen LogP contribution in [0.3, 0.4) is 0 Å². The van der Waals surface area contributed by atoms with Gasteiger partial charge in [-0.15, -0.1) is 0 Å². The number of aryl methyl sites for hydroxylation is 2. The largest absolute Gasteiger partial charge is 0.324 e. The van der Waals surface area contributed by atoms with E-state index in [4.69, 9.17) is 0 Å². The number of benzene rings is 3. The Kier molecular flexibility index (Phi) is 5.19. The highest BCUT2D eigenvalue weighted by atomic mass is 16.2. The summed E-state index contributed by atoms with van der Waals surface area (Å²) in [6, 6.07) is 20.7. The molecule has 1 N–H and O–H groups in total. The van der Waals surface area contributed by atoms with E-state index in [1.165, 1.54) is 0 Å². The minimum absolute atomic E-state index is 0.239. The summed E-state index contributed by atoms with van der Waals surface area (Å²) < 4.78 is 0. The maximum Gasteiger partial charge on any atom is 0.262 e. The Hall–Kier alpha value is -3.73. The van der Waals surface area contributed by atoms with E-state index >= 15 is 0 Å². The van der Waals surface area contributed by atoms with Crippen molar-refractivity contribution in [1.82, 2.24) is 4.90 Å². The summed E-state index contributed by atoms with van der Waals surface area (Å²) in [5.74, 6) is -1.27. The number of amides is 3. The van der Waals surface area contributed by atoms with Gasteiger partial charge >= 0.3 is 0 Å². The first-order valence-corrected chi connectivity index (χ1v) is 9.84. The van der Waals surface area contributed by atoms with Gasteiger partial charge in [0, 0.05) is 12.1 Å². The summed E-state index contributed by atoms with van der Waals surface area (Å²) in [6.07, 6.45) is 0.239. The monoisotopic (exact) mass is 398 g/mol. The van der Waals surface area contributed by atoms with Gasteiger partial charge in [-0.2, -0.15) is 0 Å². The summed E-state index contributed by atoms with van der Waals surface area (Å²) in [6.45, 7) is 3.97. The van der Waals surface area contributed by atoms with Gasteiger partial charge in [-0.3, -0.25) is 19.3 Å². The molecule has 1 aliphatic heterocycles. The number of rotatable bonds is 5. The lowest BCUT2D eigenvalue weighted by atomic mass is 10.0. The quantitative estimate of drug-likeness (QED) is 0.657. The summed E-state index contributed by atoms with van der Waals surface area (Å²) >= 11 is 0. The van der Waals surface area contributed by atoms with E-state index in [1.807, 2.05) is 62.4 Å². The van der Waals surface area contributed by atoms with Gasteiger partial charge in [-0.1, -0.05) is 48.5 Å². The number of anilines is 1. The van der Waals surface area contributed by atoms with Gasteiger partial charge in [-0.25, -0.2) is 0 Å². The zero-order chi connectivity index (χ0) is 21.3. The molecule has 1 atom stereocenters. The molecule has 0 saturated heterocycles. The van der Waals surface area contributed by atoms with Crippen LogP contribution in [-0.4, -0.2) is 28.7 Å². The molecule has 3 aromatic carbocycles. The number of carbonyl (C=O) groups is 3. The van der Waals surface area contributed by atoms with Crippen molar-refractivity contribution < 1.29 is 14.4 Å². The van der Waals surface area contributed by atoms with Crippen LogP contribution in [0.5, 0.6) is 0 Å². The van der Waals surface area contributed by atoms with Gasteiger partial charge in [0.05, 0.1) is 11.1 Å². The topological polar surface area (TPSA) is 66.5 Å². The Labute approximate surface area is 175 Å². The molecule has 30 heavy (non-hydrogen) atoms. The van der Waals surface area contributed by atoms with Gasteiger partial charge in [0.25, 0.3) is 11.8 Å². The van der Waals surface area contributed by atoms with E-state index in [0.29, 0.717) is 16.8 Å². The van der Waals surface area contributed by atoms with Crippen molar-refractivity contribution in [1.29, 1.82) is 0 Å². The Morgan fingerprint density at radius 3 is 2.03 bits per heavy atom. The normalized spacial score (nSPS) is 13.9. The maximum atomic E-state index is 13.3. The van der Waals surface area contributed by atoms with Crippen LogP contribution >= 0.6 is 0 Å². The fraction of sp³-hybridized carbons (Fsp3) is 0.160. The van der Waals surface area contributed by atoms with Crippen molar-refractivity contribution in [2.24, 2.45) is 0 Å². The molecule has 0 unspecified atom stereocenters. The molecule has 0 aliphatic carbocycles. The summed E-state index contributed by atoms with van der Waals surface area (Å²) in [5, 5.41) is 2.89. The SMILES string of the molecule is Cc1ccc(NC(=O)[C@H](Cc2ccccc2)N2C(=O)c3ccccc3C2=O)cc1C. The van der Waals surface area contributed by atoms with Crippen molar-refractivity contribution >= 4 is 23.4 Å². The molecule has 3 amide bonds. The van der Waals surface area contributed by atoms with Crippen LogP contribution in [-0.2, 0) is 11.2 Å². The lowest BCUT2D eigenvalue weighted by Crippen LogP contribution is -2.48. The van der Waals surface area contributed by atoms with Crippen molar-refractivity contribution in [3.8, 4) is 0 Å². The Morgan fingerprint density at radius 1 is 0.833 bits per heavy atom. The van der Waals surface area contributed by atoms with E-state index in [2.05, 4.69) is 5.32 Å². The summed E-state index contributed by atoms with van der Waals surface area (Å²) in [7, 11) is 0. The highest BCUT2D eigenvalue weighted by Crippen LogP contribution is 2.27. The third-order valence-corrected chi connectivity index (χ3v) is 5.49. The summed E-state index contributed by atoms with van der Waals surface area (Å²) in [5.41, 5.74) is 4.34. The smallest absolute Gasteiger partial charge is 0.262 e. The molecule has 1 heterocycles. The third-order valence-electron chi connectivity index (χ3n) is 5.49. The first-order chi connectivity index (χ1) is 14.5. The number of fused-ring (bicyclic) bond motifs is 1. The Bertz CT molecular complexity index is 1100. The van der Waals surface area contributed by atoms with Crippen molar-refractivity contribution in [2.45, 2.75) is 26.3 Å². The van der Waals surface area contributed by atoms with E-state index in [9.17, 15) is 14.4 Å². The highest BCUT2D eigenvalue weighted by molar-refractivity contribution is 6.23. The molecular weight excluding hydrogens is 376 g/mol. The van der Waals surface area contributed by atoms with Crippen LogP contribution in [0.1, 0.15) is 37.4 Å². The molecule has 5 nitrogen and oxygen atoms in total. The average Bonchev–Trinajstić information content (AvgIpc) is 3.00. The molecule has 0 bridgehead atoms. The lowest BCUT2D eigenvalue weighted by Gasteiger charge is -2.25. The van der Waals surface area contributed by atoms with E-state index < -0.39 is 23.8 Å². The molecule has 0 radical (unpaired) electrons. The predicted molar refractivity (Wildman–Crippen MR) is 115 cm³/mol. The number of hydrogen-bond donors (Lipinski definition) is 1. The third kappa shape index (κ3) is 3.62. The average molecular weight is 398 g/mol. The highest BCUT2D eigenvalue weighted by Gasteiger charge is 2.42. The second kappa shape index (κ2) is 7.95. The van der Waals surface area contributed by atoms with Gasteiger partial charge in [0.2, 0.25) is 5.91 Å². The minimum atomic E-state index is -0.957. The predicted octanol–water partition coefficient (Wildman–Crippen LogP) is 4.15. The Balaban J connectivity index is 1.68. The molecular formula is C25H22N2O3. The van der Waals surface area contributed by atoms with Gasteiger partial charge in [0.1, 0.15) is 6.04 Å². The number of imide groups is 1. The van der Waals surface area contributed by atoms with Crippen molar-refractivity contribution in [2.75, 3.05) is 5.32 Å². The van der Waals surface area contributed by atoms with Crippen molar-refractivity contribution in [3.05, 3.63) is 101 Å². The molecule has 3 aromatic rings. The lowest BCUT2D eigenvalue weighted by molar-refractivity contribution is -0.119. The molecule has 0 spiro atoms. The van der Waals surface area contributed by atoms with Crippen LogP contribution < -0.4 is 5.32 Å². The van der Waals surface area contributed by atoms with E-state index in [1.54, 1.807) is 24.3 Å². The molecule has 4 rings (SSSR count). The maximum absolute atomic E-state index is 13.3. The van der Waals surface area contributed by atoms with Crippen LogP contribution in [0.2, 0.25) is 0 Å². The molecule has 0 aromatic heterocycles. The van der Waals surface area contributed by atoms with Crippen LogP contribution in [0.4, 0.5) is 5.69 Å². The fourth-order valence-corrected chi connectivity index (χ4v) is 3.67. The zero-order valence-electron chi connectivity index (χ0n) is 16.9. The van der Waals surface area contributed by atoms with E-state index in [-0.39, 0.29) is 6.42 Å². The van der Waals surface area contributed by atoms with Gasteiger partial charge in [0.15, 0.2) is 0 Å². The standard InChI is InChI=1S/C25H22N2O3/c1-16-12-13-19(14-17(16)2)26-23(28)22(15-18-8-4-3-5-9-18)27-24(29)20-10-6-7-11-21(20)25(27)30/h3-14,22H,15H2,1-2H3,(H,26,28)/t22-/m0/s1. The first-order valence-electron chi connectivity index (χ1n) is 9.84. The molecule has 1 aliphatic rings. The Morgan fingerprint density at radius 2 is 1.43 bits per heavy atom. The fourth-order valence-electron chi connectivity index (χ4n) is 3.67. The van der Waals surface area contributed by atoms with Gasteiger partial charge in [-0.05, 0) is 54.8 Å². The number of carbonyl (C=O) groups excluding carboxylic acids is 3. The molecule has 5 heteroatoms. The van der Waals surface area contributed by atoms with Crippen LogP contribution in [0.15, 0.2) is 72.8 Å². The number of nitrogens with zero attached hydrogens (tertiary/aromatic N) is 1. The van der Waals surface area contributed by atoms with Gasteiger partial charge < -0.3 is 5.32 Å². The zero-order valence-corrected chi connectivity index (χ0v) is 16.9. The van der Waals surface area contributed by atoms with Crippen LogP contribution in [0.25, 0.3) is 0 Å². The second-order valence-corrected chi connectivity index (χ2v) is 7.52. The molecule has 0 saturated carbocycles. The minimum Gasteiger partial charge on any atom is -0.324 e. The first kappa shape index (κ1) is 19.6. The van der Waals surface area contributed by atoms with Crippen LogP contribution in [0, 0.1) is 13.8 Å². The molecule has 150 valence electrons. The number of nitrogens with one attached hydrogen (secondary N) is 1. The number of hydrogen-bond acceptors (Lipinski definition) is 3. The second-order valence-electron chi connectivity index (χ2n) is 7.52. The molecule has 0 fully saturated rings. The van der Waals surface area contributed by atoms with Crippen molar-refractivity contribution in [3.63, 3.8) is 0 Å². The van der Waals surface area contributed by atoms with E-state index in [0.717, 1.165) is 21.6 Å². The summed E-state index contributed by atoms with van der Waals surface area (Å²) in [4.78, 5) is 40.4.